The normalized spacial score (nSPS) is 10.5. The van der Waals surface area contributed by atoms with Crippen molar-refractivity contribution in [3.05, 3.63) is 71.0 Å². The molecule has 2 aromatic carbocycles. The summed E-state index contributed by atoms with van der Waals surface area (Å²) in [6.45, 7) is -0.0373. The molecule has 2 rings (SSSR count). The van der Waals surface area contributed by atoms with Gasteiger partial charge in [-0.25, -0.2) is 4.39 Å². The Hall–Kier alpha value is -1.67. The Kier molecular flexibility index (Phi) is 3.89. The summed E-state index contributed by atoms with van der Waals surface area (Å²) in [4.78, 5) is 0. The van der Waals surface area contributed by atoms with Crippen LogP contribution in [-0.4, -0.2) is 5.11 Å². The van der Waals surface area contributed by atoms with E-state index in [0.29, 0.717) is 0 Å². The van der Waals surface area contributed by atoms with E-state index in [1.807, 2.05) is 18.2 Å². The zero-order valence-electron chi connectivity index (χ0n) is 9.57. The highest BCUT2D eigenvalue weighted by atomic mass is 19.1. The van der Waals surface area contributed by atoms with Crippen molar-refractivity contribution >= 4 is 0 Å². The largest absolute Gasteiger partial charge is 0.392 e. The van der Waals surface area contributed by atoms with E-state index in [1.54, 1.807) is 6.07 Å². The van der Waals surface area contributed by atoms with Crippen molar-refractivity contribution < 1.29 is 9.50 Å². The van der Waals surface area contributed by atoms with Crippen LogP contribution in [0, 0.1) is 5.82 Å². The van der Waals surface area contributed by atoms with Crippen LogP contribution < -0.4 is 0 Å². The van der Waals surface area contributed by atoms with E-state index < -0.39 is 0 Å². The first-order chi connectivity index (χ1) is 8.29. The number of aliphatic hydroxyl groups is 1. The summed E-state index contributed by atoms with van der Waals surface area (Å²) in [7, 11) is 0. The maximum atomic E-state index is 13.1. The first kappa shape index (κ1) is 11.8. The van der Waals surface area contributed by atoms with Gasteiger partial charge >= 0.3 is 0 Å². The molecular weight excluding hydrogens is 215 g/mol. The second kappa shape index (κ2) is 5.60. The average Bonchev–Trinajstić information content (AvgIpc) is 2.38. The second-order valence-corrected chi connectivity index (χ2v) is 4.06. The lowest BCUT2D eigenvalue weighted by atomic mass is 10.00. The quantitative estimate of drug-likeness (QED) is 0.855. The lowest BCUT2D eigenvalue weighted by Gasteiger charge is -2.07. The Bertz CT molecular complexity index is 480. The van der Waals surface area contributed by atoms with Crippen molar-refractivity contribution in [1.29, 1.82) is 0 Å². The number of hydrogen-bond acceptors (Lipinski definition) is 1. The first-order valence-electron chi connectivity index (χ1n) is 5.71. The number of hydrogen-bond donors (Lipinski definition) is 1. The molecule has 0 aromatic heterocycles. The highest BCUT2D eigenvalue weighted by molar-refractivity contribution is 5.28. The zero-order chi connectivity index (χ0) is 12.1. The molecule has 0 saturated carbocycles. The number of aliphatic hydroxyl groups excluding tert-OH is 1. The van der Waals surface area contributed by atoms with Gasteiger partial charge in [0.15, 0.2) is 0 Å². The smallest absolute Gasteiger partial charge is 0.123 e. The highest BCUT2D eigenvalue weighted by Gasteiger charge is 2.03. The van der Waals surface area contributed by atoms with Crippen LogP contribution in [0.15, 0.2) is 48.5 Å². The SMILES string of the molecule is OCc1ccc(F)cc1CCc1ccccc1. The lowest BCUT2D eigenvalue weighted by Crippen LogP contribution is -1.98. The second-order valence-electron chi connectivity index (χ2n) is 4.06. The molecule has 0 spiro atoms. The molecule has 17 heavy (non-hydrogen) atoms. The van der Waals surface area contributed by atoms with E-state index in [1.165, 1.54) is 17.7 Å². The van der Waals surface area contributed by atoms with E-state index in [2.05, 4.69) is 12.1 Å². The molecular formula is C15H15FO. The van der Waals surface area contributed by atoms with Crippen LogP contribution in [0.3, 0.4) is 0 Å². The predicted molar refractivity (Wildman–Crippen MR) is 66.2 cm³/mol. The monoisotopic (exact) mass is 230 g/mol. The van der Waals surface area contributed by atoms with Gasteiger partial charge in [-0.1, -0.05) is 36.4 Å². The van der Waals surface area contributed by atoms with E-state index >= 15 is 0 Å². The van der Waals surface area contributed by atoms with E-state index in [4.69, 9.17) is 0 Å². The van der Waals surface area contributed by atoms with Crippen LogP contribution >= 0.6 is 0 Å². The van der Waals surface area contributed by atoms with Crippen molar-refractivity contribution in [2.24, 2.45) is 0 Å². The Morgan fingerprint density at radius 1 is 0.882 bits per heavy atom. The van der Waals surface area contributed by atoms with E-state index in [0.717, 1.165) is 24.0 Å². The molecule has 2 aromatic rings. The fourth-order valence-electron chi connectivity index (χ4n) is 1.91. The van der Waals surface area contributed by atoms with Gasteiger partial charge in [-0.05, 0) is 41.7 Å². The summed E-state index contributed by atoms with van der Waals surface area (Å²) >= 11 is 0. The Morgan fingerprint density at radius 2 is 1.65 bits per heavy atom. The maximum Gasteiger partial charge on any atom is 0.123 e. The van der Waals surface area contributed by atoms with Gasteiger partial charge in [0.25, 0.3) is 0 Å². The summed E-state index contributed by atoms with van der Waals surface area (Å²) in [5.41, 5.74) is 2.92. The molecule has 0 radical (unpaired) electrons. The van der Waals surface area contributed by atoms with Gasteiger partial charge in [-0.3, -0.25) is 0 Å². The molecule has 0 amide bonds. The van der Waals surface area contributed by atoms with Crippen LogP contribution in [0.5, 0.6) is 0 Å². The molecule has 0 atom stereocenters. The van der Waals surface area contributed by atoms with Crippen molar-refractivity contribution in [3.63, 3.8) is 0 Å². The van der Waals surface area contributed by atoms with Crippen LogP contribution in [0.1, 0.15) is 16.7 Å². The minimum Gasteiger partial charge on any atom is -0.392 e. The van der Waals surface area contributed by atoms with Gasteiger partial charge in [0.1, 0.15) is 5.82 Å². The van der Waals surface area contributed by atoms with Crippen LogP contribution in [0.4, 0.5) is 4.39 Å². The molecule has 0 bridgehead atoms. The van der Waals surface area contributed by atoms with Gasteiger partial charge < -0.3 is 5.11 Å². The van der Waals surface area contributed by atoms with Gasteiger partial charge in [0.05, 0.1) is 6.61 Å². The third-order valence-corrected chi connectivity index (χ3v) is 2.86. The average molecular weight is 230 g/mol. The molecule has 2 heteroatoms. The summed E-state index contributed by atoms with van der Waals surface area (Å²) < 4.78 is 13.1. The molecule has 0 unspecified atom stereocenters. The van der Waals surface area contributed by atoms with Gasteiger partial charge in [-0.2, -0.15) is 0 Å². The van der Waals surface area contributed by atoms with E-state index in [9.17, 15) is 9.50 Å². The summed E-state index contributed by atoms with van der Waals surface area (Å²) in [6, 6.07) is 14.6. The van der Waals surface area contributed by atoms with Crippen LogP contribution in [0.2, 0.25) is 0 Å². The molecule has 1 N–H and O–H groups in total. The first-order valence-corrected chi connectivity index (χ1v) is 5.71. The molecule has 0 aliphatic rings. The molecule has 0 fully saturated rings. The van der Waals surface area contributed by atoms with Gasteiger partial charge in [-0.15, -0.1) is 0 Å². The van der Waals surface area contributed by atoms with Crippen LogP contribution in [0.25, 0.3) is 0 Å². The summed E-state index contributed by atoms with van der Waals surface area (Å²) in [5.74, 6) is -0.245. The highest BCUT2D eigenvalue weighted by Crippen LogP contribution is 2.14. The Labute approximate surface area is 101 Å². The molecule has 88 valence electrons. The Balaban J connectivity index is 2.11. The van der Waals surface area contributed by atoms with Gasteiger partial charge in [0.2, 0.25) is 0 Å². The van der Waals surface area contributed by atoms with Crippen molar-refractivity contribution in [1.82, 2.24) is 0 Å². The number of benzene rings is 2. The fraction of sp³-hybridized carbons (Fsp3) is 0.200. The number of rotatable bonds is 4. The summed E-state index contributed by atoms with van der Waals surface area (Å²) in [5, 5.41) is 9.18. The minimum atomic E-state index is -0.245. The van der Waals surface area contributed by atoms with Crippen molar-refractivity contribution in [2.45, 2.75) is 19.4 Å². The molecule has 0 heterocycles. The molecule has 0 aliphatic carbocycles. The van der Waals surface area contributed by atoms with E-state index in [-0.39, 0.29) is 12.4 Å². The standard InChI is InChI=1S/C15H15FO/c16-15-9-8-14(11-17)13(10-15)7-6-12-4-2-1-3-5-12/h1-5,8-10,17H,6-7,11H2. The van der Waals surface area contributed by atoms with Gasteiger partial charge in [0, 0.05) is 0 Å². The number of aryl methyl sites for hydroxylation is 2. The number of halogens is 1. The summed E-state index contributed by atoms with van der Waals surface area (Å²) in [6.07, 6.45) is 1.61. The Morgan fingerprint density at radius 3 is 2.35 bits per heavy atom. The lowest BCUT2D eigenvalue weighted by molar-refractivity contribution is 0.280. The van der Waals surface area contributed by atoms with Crippen LogP contribution in [-0.2, 0) is 19.4 Å². The molecule has 1 nitrogen and oxygen atoms in total. The van der Waals surface area contributed by atoms with Crippen molar-refractivity contribution in [2.75, 3.05) is 0 Å². The maximum absolute atomic E-state index is 13.1. The fourth-order valence-corrected chi connectivity index (χ4v) is 1.91. The minimum absolute atomic E-state index is 0.0373. The zero-order valence-corrected chi connectivity index (χ0v) is 9.57. The third-order valence-electron chi connectivity index (χ3n) is 2.86. The third kappa shape index (κ3) is 3.14. The van der Waals surface area contributed by atoms with Crippen molar-refractivity contribution in [3.8, 4) is 0 Å². The predicted octanol–water partition coefficient (Wildman–Crippen LogP) is 3.10. The topological polar surface area (TPSA) is 20.2 Å². The molecule has 0 aliphatic heterocycles. The molecule has 0 saturated heterocycles.